The molecule has 108 valence electrons. The zero-order valence-corrected chi connectivity index (χ0v) is 13.7. The molecule has 2 rings (SSSR count). The number of thiazole rings is 1. The summed E-state index contributed by atoms with van der Waals surface area (Å²) in [5.41, 5.74) is 7.76. The molecule has 0 amide bonds. The van der Waals surface area contributed by atoms with Crippen LogP contribution in [0.4, 0.5) is 0 Å². The van der Waals surface area contributed by atoms with E-state index in [9.17, 15) is 0 Å². The molecule has 3 nitrogen and oxygen atoms in total. The van der Waals surface area contributed by atoms with Crippen molar-refractivity contribution in [3.8, 4) is 0 Å². The quantitative estimate of drug-likeness (QED) is 0.906. The van der Waals surface area contributed by atoms with E-state index in [0.29, 0.717) is 6.04 Å². The van der Waals surface area contributed by atoms with Crippen molar-refractivity contribution in [3.63, 3.8) is 0 Å². The molecule has 2 heterocycles. The summed E-state index contributed by atoms with van der Waals surface area (Å²) in [4.78, 5) is 7.28. The van der Waals surface area contributed by atoms with Crippen LogP contribution in [0.3, 0.4) is 0 Å². The fraction of sp³-hybridized carbons (Fsp3) is 0.800. The maximum absolute atomic E-state index is 6.19. The van der Waals surface area contributed by atoms with Crippen molar-refractivity contribution in [2.75, 3.05) is 13.1 Å². The fourth-order valence-corrected chi connectivity index (χ4v) is 3.60. The molecule has 1 aliphatic rings. The summed E-state index contributed by atoms with van der Waals surface area (Å²) in [6, 6.07) is 0.324. The highest BCUT2D eigenvalue weighted by Gasteiger charge is 2.33. The van der Waals surface area contributed by atoms with Gasteiger partial charge in [0, 0.05) is 29.9 Å². The van der Waals surface area contributed by atoms with Gasteiger partial charge in [0.1, 0.15) is 5.01 Å². The summed E-state index contributed by atoms with van der Waals surface area (Å²) < 4.78 is 0. The van der Waals surface area contributed by atoms with Gasteiger partial charge in [-0.25, -0.2) is 4.98 Å². The first-order chi connectivity index (χ1) is 8.68. The molecule has 1 atom stereocenters. The summed E-state index contributed by atoms with van der Waals surface area (Å²) in [6.07, 6.45) is 1.09. The van der Waals surface area contributed by atoms with Crippen LogP contribution in [-0.2, 0) is 12.0 Å². The molecular formula is C15H27N3S. The standard InChI is InChI=1S/C15H27N3S/c1-14(2,3)12-9-19-13(17-12)8-18-7-6-11(16)15(4,5)10-18/h9,11H,6-8,10,16H2,1-5H3. The van der Waals surface area contributed by atoms with E-state index >= 15 is 0 Å². The smallest absolute Gasteiger partial charge is 0.107 e. The first kappa shape index (κ1) is 14.9. The van der Waals surface area contributed by atoms with Crippen molar-refractivity contribution >= 4 is 11.3 Å². The SMILES string of the molecule is CC(C)(C)c1csc(CN2CCC(N)C(C)(C)C2)n1. The molecule has 0 aromatic carbocycles. The lowest BCUT2D eigenvalue weighted by Gasteiger charge is -2.42. The summed E-state index contributed by atoms with van der Waals surface area (Å²) in [5.74, 6) is 0. The van der Waals surface area contributed by atoms with Crippen LogP contribution in [0, 0.1) is 5.41 Å². The van der Waals surface area contributed by atoms with Crippen LogP contribution in [0.5, 0.6) is 0 Å². The summed E-state index contributed by atoms with van der Waals surface area (Å²) in [5, 5.41) is 3.44. The predicted octanol–water partition coefficient (Wildman–Crippen LogP) is 3.00. The van der Waals surface area contributed by atoms with Gasteiger partial charge in [0.05, 0.1) is 12.2 Å². The van der Waals surface area contributed by atoms with Crippen LogP contribution in [0.25, 0.3) is 0 Å². The van der Waals surface area contributed by atoms with Crippen molar-refractivity contribution in [2.45, 2.75) is 59.0 Å². The molecule has 1 aromatic heterocycles. The third-order valence-corrected chi connectivity index (χ3v) is 4.90. The number of rotatable bonds is 2. The van der Waals surface area contributed by atoms with E-state index in [1.165, 1.54) is 10.7 Å². The topological polar surface area (TPSA) is 42.1 Å². The van der Waals surface area contributed by atoms with Gasteiger partial charge in [0.2, 0.25) is 0 Å². The Labute approximate surface area is 121 Å². The van der Waals surface area contributed by atoms with Gasteiger partial charge in [0.15, 0.2) is 0 Å². The van der Waals surface area contributed by atoms with Gasteiger partial charge in [0.25, 0.3) is 0 Å². The number of hydrogen-bond donors (Lipinski definition) is 1. The molecule has 2 N–H and O–H groups in total. The van der Waals surface area contributed by atoms with Gasteiger partial charge in [-0.3, -0.25) is 4.90 Å². The lowest BCUT2D eigenvalue weighted by atomic mass is 9.80. The van der Waals surface area contributed by atoms with E-state index in [-0.39, 0.29) is 10.8 Å². The normalized spacial score (nSPS) is 24.6. The van der Waals surface area contributed by atoms with Crippen molar-refractivity contribution in [1.82, 2.24) is 9.88 Å². The number of aromatic nitrogens is 1. The Balaban J connectivity index is 2.00. The Kier molecular flexibility index (Phi) is 4.05. The Morgan fingerprint density at radius 3 is 2.68 bits per heavy atom. The van der Waals surface area contributed by atoms with Gasteiger partial charge in [-0.1, -0.05) is 34.6 Å². The zero-order valence-electron chi connectivity index (χ0n) is 12.9. The number of nitrogens with two attached hydrogens (primary N) is 1. The Morgan fingerprint density at radius 1 is 1.47 bits per heavy atom. The monoisotopic (exact) mass is 281 g/mol. The number of hydrogen-bond acceptors (Lipinski definition) is 4. The minimum Gasteiger partial charge on any atom is -0.327 e. The summed E-state index contributed by atoms with van der Waals surface area (Å²) in [6.45, 7) is 14.3. The van der Waals surface area contributed by atoms with E-state index in [1.807, 2.05) is 0 Å². The van der Waals surface area contributed by atoms with Crippen molar-refractivity contribution in [3.05, 3.63) is 16.1 Å². The molecule has 0 spiro atoms. The lowest BCUT2D eigenvalue weighted by molar-refractivity contribution is 0.0897. The summed E-state index contributed by atoms with van der Waals surface area (Å²) in [7, 11) is 0. The largest absolute Gasteiger partial charge is 0.327 e. The molecule has 1 saturated heterocycles. The molecule has 0 bridgehead atoms. The maximum atomic E-state index is 6.19. The molecule has 0 saturated carbocycles. The Morgan fingerprint density at radius 2 is 2.16 bits per heavy atom. The van der Waals surface area contributed by atoms with Gasteiger partial charge in [-0.15, -0.1) is 11.3 Å². The Bertz CT molecular complexity index is 431. The van der Waals surface area contributed by atoms with E-state index in [2.05, 4.69) is 44.9 Å². The van der Waals surface area contributed by atoms with Gasteiger partial charge < -0.3 is 5.73 Å². The molecule has 19 heavy (non-hydrogen) atoms. The van der Waals surface area contributed by atoms with E-state index in [0.717, 1.165) is 26.1 Å². The lowest BCUT2D eigenvalue weighted by Crippen LogP contribution is -2.52. The van der Waals surface area contributed by atoms with E-state index in [1.54, 1.807) is 11.3 Å². The summed E-state index contributed by atoms with van der Waals surface area (Å²) >= 11 is 1.79. The van der Waals surface area contributed by atoms with Crippen LogP contribution in [-0.4, -0.2) is 29.0 Å². The van der Waals surface area contributed by atoms with E-state index < -0.39 is 0 Å². The third kappa shape index (κ3) is 3.56. The molecule has 4 heteroatoms. The molecule has 1 aromatic rings. The predicted molar refractivity (Wildman–Crippen MR) is 82.5 cm³/mol. The fourth-order valence-electron chi connectivity index (χ4n) is 2.54. The van der Waals surface area contributed by atoms with Crippen LogP contribution >= 0.6 is 11.3 Å². The molecule has 0 radical (unpaired) electrons. The average Bonchev–Trinajstić information content (AvgIpc) is 2.71. The van der Waals surface area contributed by atoms with Crippen molar-refractivity contribution in [2.24, 2.45) is 11.1 Å². The molecule has 1 unspecified atom stereocenters. The third-order valence-electron chi connectivity index (χ3n) is 4.07. The Hall–Kier alpha value is -0.450. The van der Waals surface area contributed by atoms with Crippen molar-refractivity contribution in [1.29, 1.82) is 0 Å². The molecule has 1 aliphatic heterocycles. The number of nitrogens with zero attached hydrogens (tertiary/aromatic N) is 2. The van der Waals surface area contributed by atoms with Crippen LogP contribution in [0.1, 0.15) is 51.7 Å². The average molecular weight is 281 g/mol. The van der Waals surface area contributed by atoms with Gasteiger partial charge in [-0.05, 0) is 11.8 Å². The second-order valence-electron chi connectivity index (χ2n) is 7.47. The van der Waals surface area contributed by atoms with Crippen molar-refractivity contribution < 1.29 is 0 Å². The number of likely N-dealkylation sites (tertiary alicyclic amines) is 1. The van der Waals surface area contributed by atoms with Gasteiger partial charge in [-0.2, -0.15) is 0 Å². The molecule has 1 fully saturated rings. The second-order valence-corrected chi connectivity index (χ2v) is 8.41. The molecule has 0 aliphatic carbocycles. The maximum Gasteiger partial charge on any atom is 0.107 e. The first-order valence-corrected chi connectivity index (χ1v) is 7.99. The minimum atomic E-state index is 0.151. The van der Waals surface area contributed by atoms with Crippen LogP contribution in [0.15, 0.2) is 5.38 Å². The van der Waals surface area contributed by atoms with E-state index in [4.69, 9.17) is 10.7 Å². The second kappa shape index (κ2) is 5.15. The minimum absolute atomic E-state index is 0.151. The zero-order chi connectivity index (χ0) is 14.3. The highest BCUT2D eigenvalue weighted by molar-refractivity contribution is 7.09. The molecular weight excluding hydrogens is 254 g/mol. The number of piperidine rings is 1. The van der Waals surface area contributed by atoms with Gasteiger partial charge >= 0.3 is 0 Å². The first-order valence-electron chi connectivity index (χ1n) is 7.11. The highest BCUT2D eigenvalue weighted by Crippen LogP contribution is 2.30. The van der Waals surface area contributed by atoms with Crippen LogP contribution < -0.4 is 5.73 Å². The van der Waals surface area contributed by atoms with Crippen LogP contribution in [0.2, 0.25) is 0 Å². The highest BCUT2D eigenvalue weighted by atomic mass is 32.1.